The second kappa shape index (κ2) is 6.15. The maximum atomic E-state index is 12.8. The van der Waals surface area contributed by atoms with E-state index in [1.165, 1.54) is 23.4 Å². The fourth-order valence-corrected chi connectivity index (χ4v) is 3.93. The van der Waals surface area contributed by atoms with Gasteiger partial charge in [0.1, 0.15) is 11.6 Å². The number of benzene rings is 1. The first kappa shape index (κ1) is 16.9. The Morgan fingerprint density at radius 3 is 2.75 bits per heavy atom. The summed E-state index contributed by atoms with van der Waals surface area (Å²) in [7, 11) is -0.501. The Hall–Kier alpha value is -1.97. The monoisotopic (exact) mass is 353 g/mol. The van der Waals surface area contributed by atoms with Crippen LogP contribution in [0.4, 0.5) is 6.01 Å². The van der Waals surface area contributed by atoms with Gasteiger partial charge in [-0.2, -0.15) is 9.29 Å². The summed E-state index contributed by atoms with van der Waals surface area (Å²) >= 11 is 0. The number of aromatic nitrogens is 1. The maximum Gasteiger partial charge on any atom is 0.305 e. The topological polar surface area (TPSA) is 92.9 Å². The summed E-state index contributed by atoms with van der Waals surface area (Å²) in [5.74, 6) is -0.397. The number of oxazole rings is 1. The van der Waals surface area contributed by atoms with E-state index in [1.54, 1.807) is 12.1 Å². The Labute approximate surface area is 140 Å². The molecule has 1 aliphatic heterocycles. The van der Waals surface area contributed by atoms with Crippen molar-refractivity contribution in [1.29, 1.82) is 0 Å². The average molecular weight is 353 g/mol. The fraction of sp³-hybridized carbons (Fsp3) is 0.467. The van der Waals surface area contributed by atoms with Gasteiger partial charge in [0.25, 0.3) is 0 Å². The maximum absolute atomic E-state index is 12.8. The third-order valence-corrected chi connectivity index (χ3v) is 5.42. The summed E-state index contributed by atoms with van der Waals surface area (Å²) in [5.41, 5.74) is 1.20. The highest BCUT2D eigenvalue weighted by Crippen LogP contribution is 2.27. The summed E-state index contributed by atoms with van der Waals surface area (Å²) in [5, 5.41) is 0. The molecule has 1 saturated heterocycles. The zero-order chi connectivity index (χ0) is 17.5. The van der Waals surface area contributed by atoms with Crippen LogP contribution in [0, 0.1) is 0 Å². The van der Waals surface area contributed by atoms with Crippen molar-refractivity contribution < 1.29 is 22.4 Å². The number of anilines is 1. The van der Waals surface area contributed by atoms with Crippen LogP contribution in [0.3, 0.4) is 0 Å². The fourth-order valence-electron chi connectivity index (χ4n) is 2.85. The number of carbonyl (C=O) groups excluding carboxylic acids is 1. The van der Waals surface area contributed by atoms with Gasteiger partial charge in [0.05, 0.1) is 12.4 Å². The van der Waals surface area contributed by atoms with Gasteiger partial charge in [-0.15, -0.1) is 0 Å². The van der Waals surface area contributed by atoms with Crippen molar-refractivity contribution in [2.75, 3.05) is 31.9 Å². The van der Waals surface area contributed by atoms with Crippen molar-refractivity contribution >= 4 is 33.0 Å². The van der Waals surface area contributed by atoms with Gasteiger partial charge in [0, 0.05) is 27.1 Å². The molecule has 24 heavy (non-hydrogen) atoms. The molecule has 1 aliphatic rings. The minimum Gasteiger partial charge on any atom is -0.423 e. The second-order valence-corrected chi connectivity index (χ2v) is 7.74. The second-order valence-electron chi connectivity index (χ2n) is 5.80. The molecule has 1 aromatic carbocycles. The van der Waals surface area contributed by atoms with Gasteiger partial charge in [-0.1, -0.05) is 12.1 Å². The lowest BCUT2D eigenvalue weighted by molar-refractivity contribution is -0.121. The van der Waals surface area contributed by atoms with Gasteiger partial charge in [0.15, 0.2) is 5.58 Å². The van der Waals surface area contributed by atoms with Crippen LogP contribution >= 0.6 is 0 Å². The molecule has 1 aromatic heterocycles. The van der Waals surface area contributed by atoms with E-state index in [-0.39, 0.29) is 18.7 Å². The molecule has 1 amide bonds. The Bertz CT molecular complexity index is 830. The van der Waals surface area contributed by atoms with E-state index < -0.39 is 22.0 Å². The van der Waals surface area contributed by atoms with Gasteiger partial charge in [0.2, 0.25) is 15.9 Å². The highest BCUT2D eigenvalue weighted by Gasteiger charge is 2.43. The molecule has 2 aromatic rings. The molecule has 8 nitrogen and oxygen atoms in total. The number of hydrogen-bond acceptors (Lipinski definition) is 6. The number of amides is 1. The standard InChI is InChI=1S/C15H19N3O5S/c1-17(15-16-11-6-4-5-7-13(11)23-15)14(19)12-8-10(22-2)9-18(12)24(3,20)21/h4-7,10,12H,8-9H2,1-3H3/t10-,12+/m0/s1. The van der Waals surface area contributed by atoms with Crippen molar-refractivity contribution in [1.82, 2.24) is 9.29 Å². The van der Waals surface area contributed by atoms with E-state index in [4.69, 9.17) is 9.15 Å². The molecule has 0 spiro atoms. The number of ether oxygens (including phenoxy) is 1. The van der Waals surface area contributed by atoms with E-state index in [0.717, 1.165) is 6.26 Å². The smallest absolute Gasteiger partial charge is 0.305 e. The molecule has 2 atom stereocenters. The van der Waals surface area contributed by atoms with E-state index in [2.05, 4.69) is 4.98 Å². The van der Waals surface area contributed by atoms with Crippen molar-refractivity contribution in [2.24, 2.45) is 0 Å². The molecular formula is C15H19N3O5S. The lowest BCUT2D eigenvalue weighted by Gasteiger charge is -2.24. The largest absolute Gasteiger partial charge is 0.423 e. The van der Waals surface area contributed by atoms with Gasteiger partial charge in [-0.05, 0) is 12.1 Å². The highest BCUT2D eigenvalue weighted by molar-refractivity contribution is 7.88. The molecule has 1 fully saturated rings. The van der Waals surface area contributed by atoms with Crippen molar-refractivity contribution in [3.8, 4) is 0 Å². The van der Waals surface area contributed by atoms with E-state index >= 15 is 0 Å². The lowest BCUT2D eigenvalue weighted by Crippen LogP contribution is -2.46. The van der Waals surface area contributed by atoms with Crippen LogP contribution in [-0.4, -0.2) is 62.7 Å². The number of sulfonamides is 1. The van der Waals surface area contributed by atoms with Crippen LogP contribution in [-0.2, 0) is 19.6 Å². The molecular weight excluding hydrogens is 334 g/mol. The summed E-state index contributed by atoms with van der Waals surface area (Å²) in [6.45, 7) is 0.160. The third-order valence-electron chi connectivity index (χ3n) is 4.16. The van der Waals surface area contributed by atoms with E-state index in [9.17, 15) is 13.2 Å². The van der Waals surface area contributed by atoms with Crippen LogP contribution in [0.25, 0.3) is 11.1 Å². The van der Waals surface area contributed by atoms with Crippen LogP contribution in [0.2, 0.25) is 0 Å². The zero-order valence-electron chi connectivity index (χ0n) is 13.7. The molecule has 0 unspecified atom stereocenters. The van der Waals surface area contributed by atoms with Crippen LogP contribution in [0.15, 0.2) is 28.7 Å². The molecule has 3 rings (SSSR count). The van der Waals surface area contributed by atoms with Crippen LogP contribution in [0.5, 0.6) is 0 Å². The lowest BCUT2D eigenvalue weighted by atomic mass is 10.2. The number of para-hydroxylation sites is 2. The zero-order valence-corrected chi connectivity index (χ0v) is 14.5. The SMILES string of the molecule is CO[C@H]1C[C@H](C(=O)N(C)c2nc3ccccc3o2)N(S(C)(=O)=O)C1. The minimum atomic E-state index is -3.53. The molecule has 9 heteroatoms. The molecule has 130 valence electrons. The van der Waals surface area contributed by atoms with Crippen molar-refractivity contribution in [3.63, 3.8) is 0 Å². The third kappa shape index (κ3) is 3.02. The Morgan fingerprint density at radius 2 is 2.12 bits per heavy atom. The summed E-state index contributed by atoms with van der Waals surface area (Å²) in [4.78, 5) is 18.3. The molecule has 2 heterocycles. The molecule has 0 bridgehead atoms. The van der Waals surface area contributed by atoms with Gasteiger partial charge >= 0.3 is 6.01 Å². The van der Waals surface area contributed by atoms with Crippen LogP contribution in [0.1, 0.15) is 6.42 Å². The van der Waals surface area contributed by atoms with Gasteiger partial charge in [-0.3, -0.25) is 9.69 Å². The number of carbonyl (C=O) groups is 1. The molecule has 0 saturated carbocycles. The van der Waals surface area contributed by atoms with Gasteiger partial charge in [-0.25, -0.2) is 8.42 Å². The summed E-state index contributed by atoms with van der Waals surface area (Å²) < 4.78 is 35.9. The number of hydrogen-bond donors (Lipinski definition) is 0. The number of rotatable bonds is 4. The first-order chi connectivity index (χ1) is 11.3. The molecule has 0 aliphatic carbocycles. The van der Waals surface area contributed by atoms with Crippen molar-refractivity contribution in [2.45, 2.75) is 18.6 Å². The summed E-state index contributed by atoms with van der Waals surface area (Å²) in [6.07, 6.45) is 1.07. The number of nitrogens with zero attached hydrogens (tertiary/aromatic N) is 3. The predicted octanol–water partition coefficient (Wildman–Crippen LogP) is 0.839. The van der Waals surface area contributed by atoms with Crippen LogP contribution < -0.4 is 4.90 Å². The van der Waals surface area contributed by atoms with E-state index in [0.29, 0.717) is 17.5 Å². The first-order valence-electron chi connectivity index (χ1n) is 7.44. The Kier molecular flexibility index (Phi) is 4.33. The Balaban J connectivity index is 1.88. The van der Waals surface area contributed by atoms with Gasteiger partial charge < -0.3 is 9.15 Å². The number of methoxy groups -OCH3 is 1. The average Bonchev–Trinajstić information content (AvgIpc) is 3.16. The molecule has 0 radical (unpaired) electrons. The normalized spacial score (nSPS) is 22.1. The minimum absolute atomic E-state index is 0.135. The first-order valence-corrected chi connectivity index (χ1v) is 9.29. The summed E-state index contributed by atoms with van der Waals surface area (Å²) in [6, 6.07) is 6.47. The molecule has 0 N–H and O–H groups in total. The number of fused-ring (bicyclic) bond motifs is 1. The quantitative estimate of drug-likeness (QED) is 0.809. The highest BCUT2D eigenvalue weighted by atomic mass is 32.2. The van der Waals surface area contributed by atoms with E-state index in [1.807, 2.05) is 12.1 Å². The predicted molar refractivity (Wildman–Crippen MR) is 88.2 cm³/mol. The number of likely N-dealkylation sites (N-methyl/N-ethyl adjacent to an activating group) is 1. The Morgan fingerprint density at radius 1 is 1.42 bits per heavy atom. The van der Waals surface area contributed by atoms with Crippen molar-refractivity contribution in [3.05, 3.63) is 24.3 Å².